The van der Waals surface area contributed by atoms with Crippen LogP contribution in [0.15, 0.2) is 18.2 Å². The van der Waals surface area contributed by atoms with E-state index in [2.05, 4.69) is 45.9 Å². The van der Waals surface area contributed by atoms with E-state index in [1.54, 1.807) is 0 Å². The molecule has 0 aliphatic heterocycles. The van der Waals surface area contributed by atoms with Crippen LogP contribution < -0.4 is 0 Å². The lowest BCUT2D eigenvalue weighted by Crippen LogP contribution is -2.15. The van der Waals surface area contributed by atoms with Gasteiger partial charge >= 0.3 is 0 Å². The van der Waals surface area contributed by atoms with E-state index in [0.717, 1.165) is 19.3 Å². The van der Waals surface area contributed by atoms with Crippen molar-refractivity contribution in [2.75, 3.05) is 0 Å². The average molecular weight is 220 g/mol. The van der Waals surface area contributed by atoms with Crippen molar-refractivity contribution in [3.63, 3.8) is 0 Å². The van der Waals surface area contributed by atoms with Crippen molar-refractivity contribution in [1.29, 1.82) is 0 Å². The van der Waals surface area contributed by atoms with Crippen LogP contribution >= 0.6 is 0 Å². The largest absolute Gasteiger partial charge is 0.393 e. The monoisotopic (exact) mass is 220 g/mol. The van der Waals surface area contributed by atoms with Gasteiger partial charge in [0.15, 0.2) is 0 Å². The number of hydrogen-bond donors (Lipinski definition) is 1. The molecule has 0 fully saturated rings. The lowest BCUT2D eigenvalue weighted by atomic mass is 9.94. The normalized spacial score (nSPS) is 14.8. The van der Waals surface area contributed by atoms with Crippen molar-refractivity contribution in [3.05, 3.63) is 34.9 Å². The molecule has 0 heterocycles. The van der Waals surface area contributed by atoms with E-state index in [4.69, 9.17) is 0 Å². The standard InChI is InChI=1S/C15H24O/c1-5-11(2)9-15(16)10-14-8-12(3)6-7-13(14)4/h6-8,11,15-16H,5,9-10H2,1-4H3. The molecule has 1 aromatic carbocycles. The fraction of sp³-hybridized carbons (Fsp3) is 0.600. The molecule has 90 valence electrons. The van der Waals surface area contributed by atoms with Gasteiger partial charge in [0.1, 0.15) is 0 Å². The summed E-state index contributed by atoms with van der Waals surface area (Å²) in [6.07, 6.45) is 2.64. The molecular weight excluding hydrogens is 196 g/mol. The summed E-state index contributed by atoms with van der Waals surface area (Å²) in [5.74, 6) is 0.611. The van der Waals surface area contributed by atoms with Gasteiger partial charge in [0.2, 0.25) is 0 Å². The van der Waals surface area contributed by atoms with Crippen molar-refractivity contribution in [3.8, 4) is 0 Å². The topological polar surface area (TPSA) is 20.2 Å². The minimum atomic E-state index is -0.199. The summed E-state index contributed by atoms with van der Waals surface area (Å²) in [5, 5.41) is 10.0. The number of hydrogen-bond acceptors (Lipinski definition) is 1. The molecule has 0 spiro atoms. The first-order valence-electron chi connectivity index (χ1n) is 6.27. The number of aliphatic hydroxyl groups excluding tert-OH is 1. The zero-order valence-electron chi connectivity index (χ0n) is 11.0. The van der Waals surface area contributed by atoms with Crippen molar-refractivity contribution in [1.82, 2.24) is 0 Å². The van der Waals surface area contributed by atoms with Crippen LogP contribution in [0.4, 0.5) is 0 Å². The van der Waals surface area contributed by atoms with E-state index >= 15 is 0 Å². The molecule has 0 aliphatic carbocycles. The van der Waals surface area contributed by atoms with Crippen molar-refractivity contribution in [2.24, 2.45) is 5.92 Å². The molecule has 1 nitrogen and oxygen atoms in total. The van der Waals surface area contributed by atoms with Crippen LogP contribution in [-0.4, -0.2) is 11.2 Å². The second-order valence-corrected chi connectivity index (χ2v) is 5.04. The molecule has 1 rings (SSSR count). The van der Waals surface area contributed by atoms with Crippen LogP contribution in [0.2, 0.25) is 0 Å². The van der Waals surface area contributed by atoms with Crippen LogP contribution in [0, 0.1) is 19.8 Å². The lowest BCUT2D eigenvalue weighted by Gasteiger charge is -2.16. The molecule has 1 aromatic rings. The van der Waals surface area contributed by atoms with E-state index in [0.29, 0.717) is 5.92 Å². The molecule has 0 aromatic heterocycles. The molecule has 0 bridgehead atoms. The molecule has 0 amide bonds. The van der Waals surface area contributed by atoms with Gasteiger partial charge in [-0.2, -0.15) is 0 Å². The number of aryl methyl sites for hydroxylation is 2. The van der Waals surface area contributed by atoms with Crippen molar-refractivity contribution < 1.29 is 5.11 Å². The van der Waals surface area contributed by atoms with E-state index in [1.807, 2.05) is 0 Å². The highest BCUT2D eigenvalue weighted by Gasteiger charge is 2.11. The van der Waals surface area contributed by atoms with Crippen LogP contribution in [0.25, 0.3) is 0 Å². The molecule has 1 N–H and O–H groups in total. The average Bonchev–Trinajstić information content (AvgIpc) is 2.23. The van der Waals surface area contributed by atoms with Crippen LogP contribution in [0.1, 0.15) is 43.4 Å². The second-order valence-electron chi connectivity index (χ2n) is 5.04. The predicted molar refractivity (Wildman–Crippen MR) is 69.7 cm³/mol. The maximum absolute atomic E-state index is 10.0. The highest BCUT2D eigenvalue weighted by molar-refractivity contribution is 5.30. The molecule has 0 radical (unpaired) electrons. The van der Waals surface area contributed by atoms with Gasteiger partial charge in [-0.3, -0.25) is 0 Å². The van der Waals surface area contributed by atoms with Crippen molar-refractivity contribution in [2.45, 2.75) is 53.1 Å². The van der Waals surface area contributed by atoms with Gasteiger partial charge in [0.05, 0.1) is 6.10 Å². The fourth-order valence-corrected chi connectivity index (χ4v) is 1.99. The van der Waals surface area contributed by atoms with E-state index < -0.39 is 0 Å². The third-order valence-corrected chi connectivity index (χ3v) is 3.33. The van der Waals surface area contributed by atoms with Crippen LogP contribution in [0.5, 0.6) is 0 Å². The Morgan fingerprint density at radius 1 is 1.25 bits per heavy atom. The number of rotatable bonds is 5. The molecule has 1 heteroatoms. The summed E-state index contributed by atoms with van der Waals surface area (Å²) < 4.78 is 0. The summed E-state index contributed by atoms with van der Waals surface area (Å²) >= 11 is 0. The quantitative estimate of drug-likeness (QED) is 0.803. The van der Waals surface area contributed by atoms with Crippen LogP contribution in [0.3, 0.4) is 0 Å². The van der Waals surface area contributed by atoms with Gasteiger partial charge in [0, 0.05) is 0 Å². The lowest BCUT2D eigenvalue weighted by molar-refractivity contribution is 0.144. The summed E-state index contributed by atoms with van der Waals surface area (Å²) in [6.45, 7) is 8.59. The van der Waals surface area contributed by atoms with E-state index in [-0.39, 0.29) is 6.10 Å². The first kappa shape index (κ1) is 13.2. The van der Waals surface area contributed by atoms with Gasteiger partial charge in [-0.25, -0.2) is 0 Å². The third-order valence-electron chi connectivity index (χ3n) is 3.33. The summed E-state index contributed by atoms with van der Waals surface area (Å²) in [5.41, 5.74) is 3.85. The summed E-state index contributed by atoms with van der Waals surface area (Å²) in [4.78, 5) is 0. The zero-order valence-corrected chi connectivity index (χ0v) is 11.0. The van der Waals surface area contributed by atoms with Crippen molar-refractivity contribution >= 4 is 0 Å². The van der Waals surface area contributed by atoms with E-state index in [9.17, 15) is 5.11 Å². The third kappa shape index (κ3) is 3.97. The molecule has 0 aliphatic rings. The predicted octanol–water partition coefficient (Wildman–Crippen LogP) is 3.64. The summed E-state index contributed by atoms with van der Waals surface area (Å²) in [7, 11) is 0. The minimum Gasteiger partial charge on any atom is -0.393 e. The first-order valence-corrected chi connectivity index (χ1v) is 6.27. The Balaban J connectivity index is 2.61. The molecule has 16 heavy (non-hydrogen) atoms. The van der Waals surface area contributed by atoms with Gasteiger partial charge in [-0.15, -0.1) is 0 Å². The SMILES string of the molecule is CCC(C)CC(O)Cc1cc(C)ccc1C. The molecular formula is C15H24O. The smallest absolute Gasteiger partial charge is 0.0583 e. The molecule has 2 atom stereocenters. The molecule has 0 saturated carbocycles. The Morgan fingerprint density at radius 2 is 1.94 bits per heavy atom. The van der Waals surface area contributed by atoms with Gasteiger partial charge < -0.3 is 5.11 Å². The Labute approximate surface area is 99.5 Å². The zero-order chi connectivity index (χ0) is 12.1. The highest BCUT2D eigenvalue weighted by atomic mass is 16.3. The Morgan fingerprint density at radius 3 is 2.56 bits per heavy atom. The van der Waals surface area contributed by atoms with Gasteiger partial charge in [0.25, 0.3) is 0 Å². The highest BCUT2D eigenvalue weighted by Crippen LogP contribution is 2.17. The Hall–Kier alpha value is -0.820. The second kappa shape index (κ2) is 6.05. The van der Waals surface area contributed by atoms with Crippen LogP contribution in [-0.2, 0) is 6.42 Å². The first-order chi connectivity index (χ1) is 7.52. The molecule has 2 unspecified atom stereocenters. The fourth-order valence-electron chi connectivity index (χ4n) is 1.99. The number of benzene rings is 1. The molecule has 0 saturated heterocycles. The maximum atomic E-state index is 10.0. The maximum Gasteiger partial charge on any atom is 0.0583 e. The van der Waals surface area contributed by atoms with Gasteiger partial charge in [-0.1, -0.05) is 44.0 Å². The van der Waals surface area contributed by atoms with E-state index in [1.165, 1.54) is 16.7 Å². The summed E-state index contributed by atoms with van der Waals surface area (Å²) in [6, 6.07) is 6.45. The Kier molecular flexibility index (Phi) is 5.01. The van der Waals surface area contributed by atoms with Gasteiger partial charge in [-0.05, 0) is 43.7 Å². The minimum absolute atomic E-state index is 0.199. The number of aliphatic hydroxyl groups is 1. The Bertz CT molecular complexity index is 330.